The molecule has 0 saturated carbocycles. The van der Waals surface area contributed by atoms with Crippen molar-refractivity contribution >= 4 is 44.4 Å². The molecule has 0 aliphatic heterocycles. The molecule has 0 amide bonds. The van der Waals surface area contributed by atoms with E-state index in [1.165, 1.54) is 0 Å². The average Bonchev–Trinajstić information content (AvgIpc) is 2.58. The van der Waals surface area contributed by atoms with E-state index in [2.05, 4.69) is 22.6 Å². The Labute approximate surface area is 162 Å². The van der Waals surface area contributed by atoms with Crippen LogP contribution in [0.25, 0.3) is 0 Å². The lowest BCUT2D eigenvalue weighted by atomic mass is 10.2. The van der Waals surface area contributed by atoms with Gasteiger partial charge in [0.15, 0.2) is 0 Å². The molecular formula is C15H12INO8S. The summed E-state index contributed by atoms with van der Waals surface area (Å²) in [5.74, 6) is -0.435. The van der Waals surface area contributed by atoms with Crippen molar-refractivity contribution in [1.29, 1.82) is 0 Å². The number of esters is 1. The number of nitro groups is 1. The quantitative estimate of drug-likeness (QED) is 0.156. The van der Waals surface area contributed by atoms with Crippen LogP contribution < -0.4 is 4.74 Å². The van der Waals surface area contributed by atoms with E-state index in [9.17, 15) is 23.3 Å². The Hall–Kier alpha value is -2.25. The average molecular weight is 493 g/mol. The minimum absolute atomic E-state index is 0.0310. The van der Waals surface area contributed by atoms with E-state index in [-0.39, 0.29) is 13.2 Å². The molecular weight excluding hydrogens is 481 g/mol. The molecule has 0 aromatic heterocycles. The second-order valence-corrected chi connectivity index (χ2v) is 7.52. The van der Waals surface area contributed by atoms with Crippen LogP contribution in [0, 0.1) is 13.7 Å². The van der Waals surface area contributed by atoms with Gasteiger partial charge in [0.2, 0.25) is 0 Å². The van der Waals surface area contributed by atoms with Crippen molar-refractivity contribution < 1.29 is 32.2 Å². The smallest absolute Gasteiger partial charge is 0.345 e. The topological polar surface area (TPSA) is 133 Å². The lowest BCUT2D eigenvalue weighted by Gasteiger charge is -2.08. The zero-order valence-corrected chi connectivity index (χ0v) is 16.0. The molecule has 0 bridgehead atoms. The van der Waals surface area contributed by atoms with Crippen molar-refractivity contribution in [2.45, 2.75) is 4.90 Å². The predicted molar refractivity (Wildman–Crippen MR) is 97.8 cm³/mol. The van der Waals surface area contributed by atoms with E-state index in [1.807, 2.05) is 12.1 Å². The monoisotopic (exact) mass is 493 g/mol. The van der Waals surface area contributed by atoms with Crippen molar-refractivity contribution in [3.05, 3.63) is 61.7 Å². The van der Waals surface area contributed by atoms with Crippen molar-refractivity contribution in [2.24, 2.45) is 0 Å². The number of hydrogen-bond donors (Lipinski definition) is 1. The molecule has 138 valence electrons. The highest BCUT2D eigenvalue weighted by Crippen LogP contribution is 2.23. The molecule has 0 atom stereocenters. The van der Waals surface area contributed by atoms with Gasteiger partial charge in [0, 0.05) is 9.64 Å². The van der Waals surface area contributed by atoms with Gasteiger partial charge in [-0.2, -0.15) is 8.42 Å². The fraction of sp³-hybridized carbons (Fsp3) is 0.133. The zero-order valence-electron chi connectivity index (χ0n) is 13.0. The highest BCUT2D eigenvalue weighted by molar-refractivity contribution is 14.1. The van der Waals surface area contributed by atoms with Gasteiger partial charge in [0.1, 0.15) is 29.4 Å². The maximum Gasteiger partial charge on any atom is 0.345 e. The third-order valence-electron chi connectivity index (χ3n) is 3.08. The number of carbonyl (C=O) groups is 1. The van der Waals surface area contributed by atoms with Gasteiger partial charge in [-0.05, 0) is 59.0 Å². The third-order valence-corrected chi connectivity index (χ3v) is 4.65. The third kappa shape index (κ3) is 5.37. The highest BCUT2D eigenvalue weighted by Gasteiger charge is 2.25. The fourth-order valence-corrected chi connectivity index (χ4v) is 2.76. The number of hydrogen-bond acceptors (Lipinski definition) is 7. The molecule has 0 aliphatic carbocycles. The highest BCUT2D eigenvalue weighted by atomic mass is 127. The van der Waals surface area contributed by atoms with E-state index in [0.717, 1.165) is 15.7 Å². The number of carbonyl (C=O) groups excluding carboxylic acids is 1. The standard InChI is InChI=1S/C15H12INO8S/c16-10-1-3-11(4-2-10)24-7-8-25-15(18)13-6-5-12(26(21,22)23)9-14(13)17(19)20/h1-6,9H,7-8H2,(H,21,22,23). The molecule has 0 aliphatic rings. The summed E-state index contributed by atoms with van der Waals surface area (Å²) in [6, 6.07) is 9.52. The molecule has 2 aromatic rings. The molecule has 0 unspecified atom stereocenters. The van der Waals surface area contributed by atoms with Gasteiger partial charge in [0.25, 0.3) is 15.8 Å². The molecule has 0 spiro atoms. The Morgan fingerprint density at radius 3 is 2.38 bits per heavy atom. The Morgan fingerprint density at radius 2 is 1.81 bits per heavy atom. The predicted octanol–water partition coefficient (Wildman–Crippen LogP) is 2.68. The van der Waals surface area contributed by atoms with Crippen molar-refractivity contribution in [2.75, 3.05) is 13.2 Å². The number of nitrogens with zero attached hydrogens (tertiary/aromatic N) is 1. The van der Waals surface area contributed by atoms with Crippen LogP contribution in [0.4, 0.5) is 5.69 Å². The lowest BCUT2D eigenvalue weighted by molar-refractivity contribution is -0.385. The molecule has 0 saturated heterocycles. The second-order valence-electron chi connectivity index (χ2n) is 4.85. The largest absolute Gasteiger partial charge is 0.490 e. The van der Waals surface area contributed by atoms with Gasteiger partial charge in [0.05, 0.1) is 4.92 Å². The van der Waals surface area contributed by atoms with Crippen molar-refractivity contribution in [1.82, 2.24) is 0 Å². The number of benzene rings is 2. The maximum absolute atomic E-state index is 12.0. The van der Waals surface area contributed by atoms with Crippen LogP contribution in [0.3, 0.4) is 0 Å². The van der Waals surface area contributed by atoms with E-state index >= 15 is 0 Å². The van der Waals surface area contributed by atoms with Crippen molar-refractivity contribution in [3.63, 3.8) is 0 Å². The molecule has 0 heterocycles. The van der Waals surface area contributed by atoms with Gasteiger partial charge >= 0.3 is 5.97 Å². The minimum atomic E-state index is -4.63. The molecule has 0 radical (unpaired) electrons. The van der Waals surface area contributed by atoms with Gasteiger partial charge in [-0.25, -0.2) is 4.79 Å². The Kier molecular flexibility index (Phi) is 6.50. The summed E-state index contributed by atoms with van der Waals surface area (Å²) in [5.41, 5.74) is -1.22. The molecule has 9 nitrogen and oxygen atoms in total. The molecule has 2 rings (SSSR count). The van der Waals surface area contributed by atoms with Crippen LogP contribution in [0.2, 0.25) is 0 Å². The van der Waals surface area contributed by atoms with E-state index < -0.39 is 37.2 Å². The SMILES string of the molecule is O=C(OCCOc1ccc(I)cc1)c1ccc(S(=O)(=O)O)cc1[N+](=O)[O-]. The lowest BCUT2D eigenvalue weighted by Crippen LogP contribution is -2.14. The number of rotatable bonds is 7. The first-order chi connectivity index (χ1) is 12.2. The number of ether oxygens (including phenoxy) is 2. The first kappa shape index (κ1) is 20.1. The summed E-state index contributed by atoms with van der Waals surface area (Å²) < 4.78 is 42.4. The molecule has 11 heteroatoms. The molecule has 26 heavy (non-hydrogen) atoms. The number of halogens is 1. The summed E-state index contributed by atoms with van der Waals surface area (Å²) in [4.78, 5) is 21.4. The summed E-state index contributed by atoms with van der Waals surface area (Å²) in [7, 11) is -4.63. The van der Waals surface area contributed by atoms with Crippen LogP contribution in [0.5, 0.6) is 5.75 Å². The minimum Gasteiger partial charge on any atom is -0.490 e. The molecule has 2 aromatic carbocycles. The van der Waals surface area contributed by atoms with Crippen molar-refractivity contribution in [3.8, 4) is 5.75 Å². The second kappa shape index (κ2) is 8.42. The first-order valence-electron chi connectivity index (χ1n) is 7.00. The molecule has 0 fully saturated rings. The van der Waals surface area contributed by atoms with Crippen LogP contribution in [-0.4, -0.2) is 37.1 Å². The summed E-state index contributed by atoms with van der Waals surface area (Å²) in [6.07, 6.45) is 0. The summed E-state index contributed by atoms with van der Waals surface area (Å²) >= 11 is 2.14. The normalized spacial score (nSPS) is 11.0. The summed E-state index contributed by atoms with van der Waals surface area (Å²) in [6.45, 7) is -0.134. The Balaban J connectivity index is 2.02. The van der Waals surface area contributed by atoms with E-state index in [1.54, 1.807) is 12.1 Å². The van der Waals surface area contributed by atoms with E-state index in [4.69, 9.17) is 14.0 Å². The van der Waals surface area contributed by atoms with Gasteiger partial charge < -0.3 is 9.47 Å². The van der Waals surface area contributed by atoms with Crippen LogP contribution >= 0.6 is 22.6 Å². The Bertz CT molecular complexity index is 927. The zero-order chi connectivity index (χ0) is 19.3. The first-order valence-corrected chi connectivity index (χ1v) is 9.52. The van der Waals surface area contributed by atoms with Crippen LogP contribution in [-0.2, 0) is 14.9 Å². The molecule has 1 N–H and O–H groups in total. The fourth-order valence-electron chi connectivity index (χ4n) is 1.90. The number of nitro benzene ring substituents is 1. The van der Waals surface area contributed by atoms with Crippen LogP contribution in [0.1, 0.15) is 10.4 Å². The van der Waals surface area contributed by atoms with Gasteiger partial charge in [-0.15, -0.1) is 0 Å². The summed E-state index contributed by atoms with van der Waals surface area (Å²) in [5, 5.41) is 11.0. The maximum atomic E-state index is 12.0. The van der Waals surface area contributed by atoms with Gasteiger partial charge in [-0.1, -0.05) is 0 Å². The Morgan fingerprint density at radius 1 is 1.15 bits per heavy atom. The van der Waals surface area contributed by atoms with Gasteiger partial charge in [-0.3, -0.25) is 14.7 Å². The van der Waals surface area contributed by atoms with Crippen LogP contribution in [0.15, 0.2) is 47.4 Å². The van der Waals surface area contributed by atoms with E-state index in [0.29, 0.717) is 11.8 Å².